The highest BCUT2D eigenvalue weighted by molar-refractivity contribution is 8.00. The molecule has 3 aromatic carbocycles. The van der Waals surface area contributed by atoms with E-state index in [0.29, 0.717) is 57.1 Å². The number of nitrogens with two attached hydrogens (primary N) is 2. The zero-order valence-electron chi connectivity index (χ0n) is 77.3. The van der Waals surface area contributed by atoms with Gasteiger partial charge in [0.05, 0.1) is 38.3 Å². The first-order valence-electron chi connectivity index (χ1n) is 45.3. The predicted molar refractivity (Wildman–Crippen MR) is 495 cm³/mol. The van der Waals surface area contributed by atoms with E-state index in [1.165, 1.54) is 53.9 Å². The molecular formula is C91H123N21O24S. The van der Waals surface area contributed by atoms with Crippen LogP contribution in [-0.2, 0) is 117 Å². The quantitative estimate of drug-likeness (QED) is 0.0247. The first-order chi connectivity index (χ1) is 65.3. The van der Waals surface area contributed by atoms with Gasteiger partial charge >= 0.3 is 17.9 Å². The van der Waals surface area contributed by atoms with Crippen LogP contribution in [-0.4, -0.2) is 334 Å². The Morgan fingerprint density at radius 3 is 1.62 bits per heavy atom. The molecule has 46 heteroatoms. The Balaban J connectivity index is 1.11. The van der Waals surface area contributed by atoms with Crippen LogP contribution >= 0.6 is 11.8 Å². The Morgan fingerprint density at radius 2 is 1.04 bits per heavy atom. The first-order valence-corrected chi connectivity index (χ1v) is 46.5. The number of thioether (sulfide) groups is 1. The number of carbonyl (C=O) groups excluding carboxylic acids is 16. The zero-order chi connectivity index (χ0) is 100. The van der Waals surface area contributed by atoms with E-state index >= 15 is 38.4 Å². The van der Waals surface area contributed by atoms with Crippen LogP contribution in [0.25, 0.3) is 21.8 Å². The summed E-state index contributed by atoms with van der Waals surface area (Å²) in [5.74, 6) is -21.4. The molecule has 0 spiro atoms. The highest BCUT2D eigenvalue weighted by Gasteiger charge is 2.47. The van der Waals surface area contributed by atoms with Gasteiger partial charge in [0.1, 0.15) is 90.3 Å². The minimum absolute atomic E-state index is 0.00719. The van der Waals surface area contributed by atoms with E-state index in [0.717, 1.165) is 36.3 Å². The first kappa shape index (κ1) is 107. The number of fused-ring (bicyclic) bond motifs is 4. The lowest BCUT2D eigenvalue weighted by molar-refractivity contribution is -0.149. The highest BCUT2D eigenvalue weighted by atomic mass is 32.2. The van der Waals surface area contributed by atoms with E-state index in [4.69, 9.17) is 16.2 Å². The Labute approximate surface area is 792 Å². The fourth-order valence-electron chi connectivity index (χ4n) is 16.7. The molecule has 3 fully saturated rings. The summed E-state index contributed by atoms with van der Waals surface area (Å²) in [5.41, 5.74) is 14.1. The van der Waals surface area contributed by atoms with Crippen molar-refractivity contribution >= 4 is 146 Å². The lowest BCUT2D eigenvalue weighted by Crippen LogP contribution is -2.61. The largest absolute Gasteiger partial charge is 0.497 e. The van der Waals surface area contributed by atoms with Gasteiger partial charge < -0.3 is 129 Å². The average Bonchev–Trinajstić information content (AvgIpc) is 1.76. The lowest BCUT2D eigenvalue weighted by Gasteiger charge is -2.36. The Hall–Kier alpha value is -14.1. The number of carboxylic acid groups (broad SMARTS) is 3. The molecule has 3 aliphatic rings. The van der Waals surface area contributed by atoms with Gasteiger partial charge in [0, 0.05) is 131 Å². The number of nitrogens with zero attached hydrogens (tertiary/aromatic N) is 6. The number of aliphatic hydroxyl groups is 1. The minimum Gasteiger partial charge on any atom is -0.497 e. The minimum atomic E-state index is -2.11. The van der Waals surface area contributed by atoms with Crippen molar-refractivity contribution in [2.24, 2.45) is 11.5 Å². The molecule has 16 amide bonds. The van der Waals surface area contributed by atoms with Crippen molar-refractivity contribution in [3.63, 3.8) is 0 Å². The molecule has 742 valence electrons. The van der Waals surface area contributed by atoms with Gasteiger partial charge in [-0.1, -0.05) is 88.1 Å². The summed E-state index contributed by atoms with van der Waals surface area (Å²) in [6, 6.07) is -3.10. The molecule has 21 N–H and O–H groups in total. The number of likely N-dealkylation sites (N-methyl/N-ethyl adjacent to an activating group) is 3. The third-order valence-electron chi connectivity index (χ3n) is 24.4. The number of aromatic nitrogens is 4. The third-order valence-corrected chi connectivity index (χ3v) is 25.4. The van der Waals surface area contributed by atoms with Crippen LogP contribution in [0.4, 0.5) is 0 Å². The predicted octanol–water partition coefficient (Wildman–Crippen LogP) is -2.25. The van der Waals surface area contributed by atoms with Gasteiger partial charge in [-0.25, -0.2) is 4.98 Å². The number of aromatic amines is 3. The Bertz CT molecular complexity index is 5320. The summed E-state index contributed by atoms with van der Waals surface area (Å²) in [6.45, 7) is 3.22. The molecule has 3 saturated heterocycles. The van der Waals surface area contributed by atoms with Crippen LogP contribution in [0.3, 0.4) is 0 Å². The van der Waals surface area contributed by atoms with Crippen LogP contribution in [0.15, 0.2) is 97.7 Å². The number of hydrogen-bond acceptors (Lipinski definition) is 24. The standard InChI is InChI=1S/C91H123N21O24S/c1-8-10-21-69-84(128)100-60(28-30-75(116)117)80(124)107-68(79(123)97-44-73(93)114)46-137-47-74(115)99-66(35-50-24-26-55(136-7)27-25-50)87(131)108(4)49(3)78(122)101-62(32-33-92)89(133)111-34-16-23-70(111)85(129)105-64(38-53-43-94-48-98-53)82(126)102-61(29-31-76(118)119)90(134)112-45-54(113)39-72(112)86(130)104-63(36-51-41-95-58-19-14-12-17-56(51)58)81(125)103-65(40-77(120)121)83(127)106-67(37-52-42-96-59-20-15-13-18-57(52)59)88(132)110(6)71(22-11-9-2)91(135)109(69)5/h12-15,17-20,24-27,41-43,48-49,54,60-72,95-96,113H,8-11,16,21-23,28-40,44-47,92H2,1-7H3,(H2,93,114)(H,94,98)(H,97,123)(H,99,115)(H,100,128)(H,101,122)(H,102,126)(H,103,125)(H,104,130)(H,105,129)(H,106,127)(H,107,124)(H,116,117)(H,118,119)(H,120,121)/t49-,54+,60-,61-,62-,63-,64-,65-,66-,67-,68-,69-,70-,71-,72-/m0/s1. The number of carbonyl (C=O) groups is 19. The molecular weight excluding hydrogens is 1800 g/mol. The molecule has 0 unspecified atom stereocenters. The SMILES string of the molecule is CCCC[C@H]1C(=O)N(C)[C@@H](CCCC)C(=O)N[C@@H](CCC(=O)O)C(=O)N[C@H](C(=O)NCC(N)=O)CSCC(=O)N[C@@H](Cc2ccc(OC)cc2)C(=O)N(C)[C@@H](C)C(=O)N[C@@H](CCN)C(=O)N2CCC[C@H]2C(=O)N[C@@H](Cc2cnc[nH]2)C(=O)N[C@@H](CCC(=O)O)C(=O)N2C[C@H](O)C[C@H]2C(=O)N[C@@H](Cc2c[nH]c3ccccc23)C(=O)N[C@@H](CC(=O)O)C(=O)N[C@@H](Cc2c[nH]c3ccccc23)C(=O)N1C. The number of aliphatic hydroxyl groups excluding tert-OH is 1. The van der Waals surface area contributed by atoms with E-state index in [1.54, 1.807) is 92.8 Å². The number of ether oxygens (including phenoxy) is 1. The Kier molecular flexibility index (Phi) is 39.7. The molecule has 0 saturated carbocycles. The summed E-state index contributed by atoms with van der Waals surface area (Å²) in [6.07, 6.45) is -0.686. The number of amides is 16. The molecule has 0 aliphatic carbocycles. The van der Waals surface area contributed by atoms with Crippen molar-refractivity contribution in [2.45, 2.75) is 233 Å². The van der Waals surface area contributed by atoms with Crippen molar-refractivity contribution in [3.05, 3.63) is 120 Å². The van der Waals surface area contributed by atoms with Crippen molar-refractivity contribution in [1.82, 2.24) is 97.6 Å². The molecule has 6 heterocycles. The number of imidazole rings is 1. The smallest absolute Gasteiger partial charge is 0.305 e. The number of para-hydroxylation sites is 2. The van der Waals surface area contributed by atoms with Crippen LogP contribution in [0.2, 0.25) is 0 Å². The maximum Gasteiger partial charge on any atom is 0.305 e. The highest BCUT2D eigenvalue weighted by Crippen LogP contribution is 2.28. The number of H-pyrrole nitrogens is 3. The molecule has 6 aromatic rings. The zero-order valence-corrected chi connectivity index (χ0v) is 78.1. The van der Waals surface area contributed by atoms with Crippen molar-refractivity contribution < 1.29 is 116 Å². The molecule has 45 nitrogen and oxygen atoms in total. The molecule has 137 heavy (non-hydrogen) atoms. The van der Waals surface area contributed by atoms with Gasteiger partial charge in [0.2, 0.25) is 94.5 Å². The van der Waals surface area contributed by atoms with Gasteiger partial charge in [-0.05, 0) is 99.4 Å². The second-order valence-electron chi connectivity index (χ2n) is 34.2. The van der Waals surface area contributed by atoms with Gasteiger partial charge in [0.15, 0.2) is 0 Å². The molecule has 3 aliphatic heterocycles. The maximum absolute atomic E-state index is 15.8. The van der Waals surface area contributed by atoms with Crippen LogP contribution < -0.4 is 69.4 Å². The Morgan fingerprint density at radius 1 is 0.526 bits per heavy atom. The normalized spacial score (nSPS) is 24.5. The van der Waals surface area contributed by atoms with Crippen molar-refractivity contribution in [2.75, 3.05) is 65.9 Å². The molecule has 15 atom stereocenters. The fraction of sp³-hybridized carbons (Fsp3) is 0.516. The van der Waals surface area contributed by atoms with Crippen LogP contribution in [0, 0.1) is 0 Å². The summed E-state index contributed by atoms with van der Waals surface area (Å²) >= 11 is 0.728. The maximum atomic E-state index is 15.8. The topological polar surface area (TPSA) is 663 Å². The van der Waals surface area contributed by atoms with Crippen molar-refractivity contribution in [1.29, 1.82) is 0 Å². The summed E-state index contributed by atoms with van der Waals surface area (Å²) in [5, 5.41) is 69.0. The van der Waals surface area contributed by atoms with E-state index < -0.39 is 273 Å². The van der Waals surface area contributed by atoms with E-state index in [1.807, 2.05) is 0 Å². The average molecular weight is 1930 g/mol. The van der Waals surface area contributed by atoms with E-state index in [-0.39, 0.29) is 83.0 Å². The molecule has 0 radical (unpaired) electrons. The second-order valence-corrected chi connectivity index (χ2v) is 35.3. The van der Waals surface area contributed by atoms with Crippen molar-refractivity contribution in [3.8, 4) is 5.75 Å². The number of rotatable bonds is 28. The van der Waals surface area contributed by atoms with Crippen LogP contribution in [0.5, 0.6) is 5.75 Å². The summed E-state index contributed by atoms with van der Waals surface area (Å²) < 4.78 is 5.34. The molecule has 3 aromatic heterocycles. The lowest BCUT2D eigenvalue weighted by atomic mass is 9.99. The molecule has 0 bridgehead atoms. The second kappa shape index (κ2) is 51.0. The number of benzene rings is 3. The molecule has 9 rings (SSSR count). The number of hydrogen-bond donors (Lipinski definition) is 19. The number of methoxy groups -OCH3 is 1. The number of unbranched alkanes of at least 4 members (excludes halogenated alkanes) is 2. The number of aliphatic carboxylic acids is 3. The number of carboxylic acids is 3. The van der Waals surface area contributed by atoms with Gasteiger partial charge in [-0.2, -0.15) is 0 Å². The third kappa shape index (κ3) is 29.7. The monoisotopic (exact) mass is 1930 g/mol. The summed E-state index contributed by atoms with van der Waals surface area (Å²) in [7, 11) is 5.21. The number of primary amides is 1. The fourth-order valence-corrected chi connectivity index (χ4v) is 17.6. The van der Waals surface area contributed by atoms with Gasteiger partial charge in [0.25, 0.3) is 0 Å². The van der Waals surface area contributed by atoms with E-state index in [2.05, 4.69) is 73.1 Å². The summed E-state index contributed by atoms with van der Waals surface area (Å²) in [4.78, 5) is 294. The van der Waals surface area contributed by atoms with Gasteiger partial charge in [-0.3, -0.25) is 91.1 Å². The van der Waals surface area contributed by atoms with Gasteiger partial charge in [-0.15, -0.1) is 11.8 Å². The number of nitrogens with one attached hydrogen (secondary N) is 13. The van der Waals surface area contributed by atoms with Crippen LogP contribution in [0.1, 0.15) is 139 Å². The van der Waals surface area contributed by atoms with E-state index in [9.17, 15) is 73.2 Å².